The van der Waals surface area contributed by atoms with E-state index in [1.54, 1.807) is 13.2 Å². The number of anilines is 1. The van der Waals surface area contributed by atoms with Crippen LogP contribution in [0.4, 0.5) is 5.82 Å². The molecular weight excluding hydrogens is 234 g/mol. The number of hydrogen-bond donors (Lipinski definition) is 1. The maximum absolute atomic E-state index is 12.1. The molecule has 0 atom stereocenters. The maximum atomic E-state index is 12.1. The van der Waals surface area contributed by atoms with E-state index in [2.05, 4.69) is 4.98 Å². The summed E-state index contributed by atoms with van der Waals surface area (Å²) in [7, 11) is 1.56. The SMILES string of the molecule is CCCn1ccnc(N(C)C(C)(C)C(=O)O)c1=O. The van der Waals surface area contributed by atoms with Gasteiger partial charge in [0.2, 0.25) is 0 Å². The fourth-order valence-electron chi connectivity index (χ4n) is 1.49. The van der Waals surface area contributed by atoms with Gasteiger partial charge in [-0.15, -0.1) is 0 Å². The van der Waals surface area contributed by atoms with Gasteiger partial charge in [-0.25, -0.2) is 9.78 Å². The van der Waals surface area contributed by atoms with E-state index in [1.165, 1.54) is 29.5 Å². The Morgan fingerprint density at radius 2 is 2.17 bits per heavy atom. The molecule has 0 saturated heterocycles. The summed E-state index contributed by atoms with van der Waals surface area (Å²) in [6.45, 7) is 5.63. The smallest absolute Gasteiger partial charge is 0.328 e. The molecular formula is C12H19N3O3. The zero-order chi connectivity index (χ0) is 13.9. The van der Waals surface area contributed by atoms with E-state index in [1.807, 2.05) is 6.92 Å². The van der Waals surface area contributed by atoms with Gasteiger partial charge in [-0.05, 0) is 20.3 Å². The Labute approximate surface area is 106 Å². The van der Waals surface area contributed by atoms with Crippen LogP contribution in [0.3, 0.4) is 0 Å². The lowest BCUT2D eigenvalue weighted by molar-refractivity contribution is -0.142. The van der Waals surface area contributed by atoms with Crippen LogP contribution in [0.1, 0.15) is 27.2 Å². The third-order valence-electron chi connectivity index (χ3n) is 3.04. The van der Waals surface area contributed by atoms with Gasteiger partial charge < -0.3 is 14.6 Å². The van der Waals surface area contributed by atoms with Gasteiger partial charge >= 0.3 is 5.97 Å². The summed E-state index contributed by atoms with van der Waals surface area (Å²) in [5.74, 6) is -0.851. The number of rotatable bonds is 5. The number of aromatic nitrogens is 2. The van der Waals surface area contributed by atoms with Gasteiger partial charge in [0.15, 0.2) is 5.82 Å². The molecule has 1 rings (SSSR count). The Kier molecular flexibility index (Phi) is 4.11. The summed E-state index contributed by atoms with van der Waals surface area (Å²) in [6, 6.07) is 0. The minimum atomic E-state index is -1.18. The van der Waals surface area contributed by atoms with Crippen LogP contribution in [0.25, 0.3) is 0 Å². The van der Waals surface area contributed by atoms with E-state index in [0.717, 1.165) is 6.42 Å². The van der Waals surface area contributed by atoms with E-state index in [0.29, 0.717) is 6.54 Å². The average Bonchev–Trinajstić information content (AvgIpc) is 2.31. The van der Waals surface area contributed by atoms with Crippen LogP contribution >= 0.6 is 0 Å². The topological polar surface area (TPSA) is 75.4 Å². The molecule has 1 heterocycles. The van der Waals surface area contributed by atoms with Gasteiger partial charge in [0.05, 0.1) is 0 Å². The second-order valence-electron chi connectivity index (χ2n) is 4.67. The van der Waals surface area contributed by atoms with Crippen LogP contribution in [-0.4, -0.2) is 33.2 Å². The molecule has 0 aliphatic carbocycles. The van der Waals surface area contributed by atoms with Crippen LogP contribution < -0.4 is 10.5 Å². The summed E-state index contributed by atoms with van der Waals surface area (Å²) < 4.78 is 1.54. The fraction of sp³-hybridized carbons (Fsp3) is 0.583. The Morgan fingerprint density at radius 3 is 2.67 bits per heavy atom. The van der Waals surface area contributed by atoms with Crippen LogP contribution in [0.15, 0.2) is 17.2 Å². The molecule has 0 unspecified atom stereocenters. The maximum Gasteiger partial charge on any atom is 0.328 e. The van der Waals surface area contributed by atoms with Crippen molar-refractivity contribution in [3.05, 3.63) is 22.7 Å². The lowest BCUT2D eigenvalue weighted by atomic mass is 10.0. The van der Waals surface area contributed by atoms with Crippen molar-refractivity contribution in [3.63, 3.8) is 0 Å². The standard InChI is InChI=1S/C12H19N3O3/c1-5-7-15-8-6-13-9(10(15)16)14(4)12(2,3)11(17)18/h6,8H,5,7H2,1-4H3,(H,17,18). The number of carboxylic acid groups (broad SMARTS) is 1. The number of aryl methyl sites for hydroxylation is 1. The highest BCUT2D eigenvalue weighted by atomic mass is 16.4. The molecule has 100 valence electrons. The highest BCUT2D eigenvalue weighted by Crippen LogP contribution is 2.17. The Balaban J connectivity index is 3.22. The zero-order valence-corrected chi connectivity index (χ0v) is 11.2. The van der Waals surface area contributed by atoms with Crippen molar-refractivity contribution in [1.29, 1.82) is 0 Å². The summed E-state index contributed by atoms with van der Waals surface area (Å²) in [5, 5.41) is 9.16. The predicted molar refractivity (Wildman–Crippen MR) is 68.9 cm³/mol. The molecule has 6 nitrogen and oxygen atoms in total. The van der Waals surface area contributed by atoms with Crippen LogP contribution in [0.5, 0.6) is 0 Å². The molecule has 1 aromatic rings. The molecule has 1 N–H and O–H groups in total. The molecule has 0 aliphatic heterocycles. The molecule has 0 aromatic carbocycles. The number of carboxylic acids is 1. The third kappa shape index (κ3) is 2.52. The number of carbonyl (C=O) groups is 1. The fourth-order valence-corrected chi connectivity index (χ4v) is 1.49. The monoisotopic (exact) mass is 253 g/mol. The van der Waals surface area contributed by atoms with Gasteiger partial charge in [0.25, 0.3) is 5.56 Å². The number of hydrogen-bond acceptors (Lipinski definition) is 4. The number of aliphatic carboxylic acids is 1. The molecule has 0 radical (unpaired) electrons. The Bertz CT molecular complexity index is 494. The van der Waals surface area contributed by atoms with Crippen LogP contribution in [0, 0.1) is 0 Å². The van der Waals surface area contributed by atoms with E-state index in [-0.39, 0.29) is 11.4 Å². The highest BCUT2D eigenvalue weighted by Gasteiger charge is 2.34. The summed E-state index contributed by atoms with van der Waals surface area (Å²) >= 11 is 0. The normalized spacial score (nSPS) is 11.3. The minimum absolute atomic E-state index is 0.151. The van der Waals surface area contributed by atoms with Gasteiger partial charge in [-0.3, -0.25) is 4.79 Å². The van der Waals surface area contributed by atoms with Crippen LogP contribution in [0.2, 0.25) is 0 Å². The van der Waals surface area contributed by atoms with Crippen molar-refractivity contribution in [1.82, 2.24) is 9.55 Å². The van der Waals surface area contributed by atoms with Crippen molar-refractivity contribution in [2.24, 2.45) is 0 Å². The Morgan fingerprint density at radius 1 is 1.56 bits per heavy atom. The van der Waals surface area contributed by atoms with Crippen molar-refractivity contribution >= 4 is 11.8 Å². The average molecular weight is 253 g/mol. The molecule has 18 heavy (non-hydrogen) atoms. The molecule has 0 amide bonds. The molecule has 1 aromatic heterocycles. The van der Waals surface area contributed by atoms with Crippen molar-refractivity contribution in [2.75, 3.05) is 11.9 Å². The first-order chi connectivity index (χ1) is 8.32. The van der Waals surface area contributed by atoms with Crippen molar-refractivity contribution < 1.29 is 9.90 Å². The van der Waals surface area contributed by atoms with Gasteiger partial charge in [-0.2, -0.15) is 0 Å². The summed E-state index contributed by atoms with van der Waals surface area (Å²) in [4.78, 5) is 28.7. The molecule has 0 spiro atoms. The number of nitrogens with zero attached hydrogens (tertiary/aromatic N) is 3. The summed E-state index contributed by atoms with van der Waals surface area (Å²) in [6.07, 6.45) is 3.95. The van der Waals surface area contributed by atoms with E-state index in [9.17, 15) is 9.59 Å². The van der Waals surface area contributed by atoms with Crippen molar-refractivity contribution in [2.45, 2.75) is 39.3 Å². The molecule has 0 bridgehead atoms. The number of likely N-dealkylation sites (N-methyl/N-ethyl adjacent to an activating group) is 1. The zero-order valence-electron chi connectivity index (χ0n) is 11.2. The molecule has 0 saturated carbocycles. The molecule has 0 fully saturated rings. The lowest BCUT2D eigenvalue weighted by Crippen LogP contribution is -2.50. The first-order valence-electron chi connectivity index (χ1n) is 5.85. The Hall–Kier alpha value is -1.85. The minimum Gasteiger partial charge on any atom is -0.480 e. The second-order valence-corrected chi connectivity index (χ2v) is 4.67. The third-order valence-corrected chi connectivity index (χ3v) is 3.04. The molecule has 6 heteroatoms. The lowest BCUT2D eigenvalue weighted by Gasteiger charge is -2.31. The summed E-state index contributed by atoms with van der Waals surface area (Å²) in [5.41, 5.74) is -1.45. The quantitative estimate of drug-likeness (QED) is 0.845. The van der Waals surface area contributed by atoms with Crippen molar-refractivity contribution in [3.8, 4) is 0 Å². The highest BCUT2D eigenvalue weighted by molar-refractivity contribution is 5.81. The second kappa shape index (κ2) is 5.20. The van der Waals surface area contributed by atoms with Gasteiger partial charge in [-0.1, -0.05) is 6.92 Å². The predicted octanol–water partition coefficient (Wildman–Crippen LogP) is 0.953. The van der Waals surface area contributed by atoms with Gasteiger partial charge in [0, 0.05) is 26.0 Å². The van der Waals surface area contributed by atoms with Crippen LogP contribution in [-0.2, 0) is 11.3 Å². The van der Waals surface area contributed by atoms with E-state index >= 15 is 0 Å². The van der Waals surface area contributed by atoms with E-state index in [4.69, 9.17) is 5.11 Å². The van der Waals surface area contributed by atoms with Gasteiger partial charge in [0.1, 0.15) is 5.54 Å². The first-order valence-corrected chi connectivity index (χ1v) is 5.85. The molecule has 0 aliphatic rings. The van der Waals surface area contributed by atoms with E-state index < -0.39 is 11.5 Å². The first kappa shape index (κ1) is 14.2. The largest absolute Gasteiger partial charge is 0.480 e.